The predicted molar refractivity (Wildman–Crippen MR) is 120 cm³/mol. The molecule has 0 aliphatic rings. The Morgan fingerprint density at radius 3 is 2.59 bits per heavy atom. The van der Waals surface area contributed by atoms with E-state index in [4.69, 9.17) is 9.15 Å². The van der Waals surface area contributed by atoms with E-state index in [1.807, 2.05) is 0 Å². The maximum Gasteiger partial charge on any atom is 0.341 e. The Labute approximate surface area is 180 Å². The van der Waals surface area contributed by atoms with Gasteiger partial charge in [-0.05, 0) is 52.4 Å². The van der Waals surface area contributed by atoms with Crippen molar-refractivity contribution in [1.82, 2.24) is 15.5 Å². The molecule has 156 valence electrons. The summed E-state index contributed by atoms with van der Waals surface area (Å²) in [5.74, 6) is 1.55. The third kappa shape index (κ3) is 8.96. The summed E-state index contributed by atoms with van der Waals surface area (Å²) < 4.78 is 10.3. The highest BCUT2D eigenvalue weighted by Gasteiger charge is 2.15. The van der Waals surface area contributed by atoms with Gasteiger partial charge in [-0.25, -0.2) is 4.79 Å². The summed E-state index contributed by atoms with van der Waals surface area (Å²) in [5, 5.41) is 6.61. The molecule has 0 aliphatic heterocycles. The van der Waals surface area contributed by atoms with Gasteiger partial charge in [0.25, 0.3) is 0 Å². The van der Waals surface area contributed by atoms with E-state index in [0.717, 1.165) is 32.5 Å². The molecule has 1 aromatic rings. The standard InChI is InChI=1S/C19H34N4O3.HI/c1-7-23(8-2)11-9-10-14(3)22-19(20-5)21-13-16-12-17(15(4)26-16)18(24)25-6;/h12,14H,7-11,13H2,1-6H3,(H2,20,21,22);1H. The van der Waals surface area contributed by atoms with Gasteiger partial charge in [0.2, 0.25) is 0 Å². The zero-order valence-electron chi connectivity index (χ0n) is 17.4. The molecule has 27 heavy (non-hydrogen) atoms. The molecule has 0 bridgehead atoms. The minimum Gasteiger partial charge on any atom is -0.465 e. The molecule has 0 saturated carbocycles. The molecule has 7 nitrogen and oxygen atoms in total. The molecule has 8 heteroatoms. The molecule has 1 unspecified atom stereocenters. The van der Waals surface area contributed by atoms with E-state index in [0.29, 0.717) is 35.6 Å². The van der Waals surface area contributed by atoms with E-state index in [1.54, 1.807) is 20.0 Å². The first-order chi connectivity index (χ1) is 12.4. The van der Waals surface area contributed by atoms with Crippen LogP contribution in [0, 0.1) is 6.92 Å². The number of methoxy groups -OCH3 is 1. The van der Waals surface area contributed by atoms with Crippen molar-refractivity contribution in [1.29, 1.82) is 0 Å². The minimum atomic E-state index is -0.387. The van der Waals surface area contributed by atoms with Crippen LogP contribution in [0.3, 0.4) is 0 Å². The van der Waals surface area contributed by atoms with Gasteiger partial charge in [0.05, 0.1) is 13.7 Å². The number of rotatable bonds is 10. The van der Waals surface area contributed by atoms with Crippen LogP contribution in [0.2, 0.25) is 0 Å². The van der Waals surface area contributed by atoms with E-state index < -0.39 is 0 Å². The van der Waals surface area contributed by atoms with Crippen molar-refractivity contribution in [3.8, 4) is 0 Å². The van der Waals surface area contributed by atoms with Crippen molar-refractivity contribution in [3.05, 3.63) is 23.2 Å². The molecule has 1 rings (SSSR count). The van der Waals surface area contributed by atoms with Gasteiger partial charge in [-0.15, -0.1) is 24.0 Å². The zero-order valence-corrected chi connectivity index (χ0v) is 19.8. The summed E-state index contributed by atoms with van der Waals surface area (Å²) in [6.07, 6.45) is 2.22. The molecule has 1 heterocycles. The average molecular weight is 494 g/mol. The first-order valence-electron chi connectivity index (χ1n) is 9.32. The number of hydrogen-bond acceptors (Lipinski definition) is 5. The first-order valence-corrected chi connectivity index (χ1v) is 9.32. The average Bonchev–Trinajstić information content (AvgIpc) is 3.02. The van der Waals surface area contributed by atoms with Gasteiger partial charge >= 0.3 is 5.97 Å². The van der Waals surface area contributed by atoms with Gasteiger partial charge in [-0.3, -0.25) is 4.99 Å². The van der Waals surface area contributed by atoms with Gasteiger partial charge < -0.3 is 24.7 Å². The maximum absolute atomic E-state index is 11.6. The molecule has 0 saturated heterocycles. The summed E-state index contributed by atoms with van der Waals surface area (Å²) in [6.45, 7) is 12.0. The number of carbonyl (C=O) groups is 1. The predicted octanol–water partition coefficient (Wildman–Crippen LogP) is 3.17. The van der Waals surface area contributed by atoms with Gasteiger partial charge in [-0.1, -0.05) is 13.8 Å². The Morgan fingerprint density at radius 2 is 2.04 bits per heavy atom. The summed E-state index contributed by atoms with van der Waals surface area (Å²) in [7, 11) is 3.10. The molecular weight excluding hydrogens is 459 g/mol. The fourth-order valence-corrected chi connectivity index (χ4v) is 2.78. The van der Waals surface area contributed by atoms with Crippen LogP contribution in [0.25, 0.3) is 0 Å². The molecule has 0 fully saturated rings. The van der Waals surface area contributed by atoms with Crippen LogP contribution in [-0.2, 0) is 11.3 Å². The summed E-state index contributed by atoms with van der Waals surface area (Å²) in [6, 6.07) is 2.02. The largest absolute Gasteiger partial charge is 0.465 e. The number of nitrogens with zero attached hydrogens (tertiary/aromatic N) is 2. The van der Waals surface area contributed by atoms with Gasteiger partial charge in [-0.2, -0.15) is 0 Å². The van der Waals surface area contributed by atoms with Crippen LogP contribution in [0.1, 0.15) is 55.5 Å². The van der Waals surface area contributed by atoms with Crippen LogP contribution in [-0.4, -0.2) is 56.7 Å². The molecule has 2 N–H and O–H groups in total. The normalized spacial score (nSPS) is 12.5. The van der Waals surface area contributed by atoms with Gasteiger partial charge in [0, 0.05) is 13.1 Å². The van der Waals surface area contributed by atoms with Gasteiger partial charge in [0.1, 0.15) is 17.1 Å². The highest BCUT2D eigenvalue weighted by molar-refractivity contribution is 14.0. The van der Waals surface area contributed by atoms with Crippen molar-refractivity contribution in [2.75, 3.05) is 33.8 Å². The van der Waals surface area contributed by atoms with E-state index >= 15 is 0 Å². The Kier molecular flexibility index (Phi) is 13.2. The molecule has 1 atom stereocenters. The summed E-state index contributed by atoms with van der Waals surface area (Å²) in [5.41, 5.74) is 0.456. The number of hydrogen-bond donors (Lipinski definition) is 2. The monoisotopic (exact) mass is 494 g/mol. The fraction of sp³-hybridized carbons (Fsp3) is 0.684. The quantitative estimate of drug-likeness (QED) is 0.225. The highest BCUT2D eigenvalue weighted by Crippen LogP contribution is 2.15. The second-order valence-corrected chi connectivity index (χ2v) is 6.31. The number of aliphatic imine (C=N–C) groups is 1. The van der Waals surface area contributed by atoms with Crippen molar-refractivity contribution in [2.45, 2.75) is 53.1 Å². The van der Waals surface area contributed by atoms with E-state index in [2.05, 4.69) is 41.3 Å². The molecular formula is C19H35IN4O3. The SMILES string of the molecule is CCN(CC)CCCC(C)NC(=NC)NCc1cc(C(=O)OC)c(C)o1.I. The molecule has 1 aromatic heterocycles. The summed E-state index contributed by atoms with van der Waals surface area (Å²) in [4.78, 5) is 18.3. The lowest BCUT2D eigenvalue weighted by Gasteiger charge is -2.21. The van der Waals surface area contributed by atoms with E-state index in [1.165, 1.54) is 7.11 Å². The van der Waals surface area contributed by atoms with Crippen LogP contribution < -0.4 is 10.6 Å². The Hall–Kier alpha value is -1.29. The van der Waals surface area contributed by atoms with Crippen LogP contribution >= 0.6 is 24.0 Å². The van der Waals surface area contributed by atoms with E-state index in [9.17, 15) is 4.79 Å². The zero-order chi connectivity index (χ0) is 19.5. The summed E-state index contributed by atoms with van der Waals surface area (Å²) >= 11 is 0. The van der Waals surface area contributed by atoms with Crippen molar-refractivity contribution >= 4 is 35.9 Å². The lowest BCUT2D eigenvalue weighted by Crippen LogP contribution is -2.42. The third-order valence-corrected chi connectivity index (χ3v) is 4.42. The number of furan rings is 1. The second-order valence-electron chi connectivity index (χ2n) is 6.31. The molecule has 0 spiro atoms. The first kappa shape index (κ1) is 25.7. The smallest absolute Gasteiger partial charge is 0.341 e. The maximum atomic E-state index is 11.6. The Balaban J connectivity index is 0.00000676. The minimum absolute atomic E-state index is 0. The van der Waals surface area contributed by atoms with Crippen molar-refractivity contribution in [2.24, 2.45) is 4.99 Å². The third-order valence-electron chi connectivity index (χ3n) is 4.42. The highest BCUT2D eigenvalue weighted by atomic mass is 127. The number of esters is 1. The number of carbonyl (C=O) groups excluding carboxylic acids is 1. The number of ether oxygens (including phenoxy) is 1. The number of nitrogens with one attached hydrogen (secondary N) is 2. The molecule has 0 radical (unpaired) electrons. The van der Waals surface area contributed by atoms with Crippen molar-refractivity contribution < 1.29 is 13.9 Å². The Bertz CT molecular complexity index is 586. The number of aryl methyl sites for hydroxylation is 1. The van der Waals surface area contributed by atoms with Gasteiger partial charge in [0.15, 0.2) is 5.96 Å². The van der Waals surface area contributed by atoms with E-state index in [-0.39, 0.29) is 29.9 Å². The topological polar surface area (TPSA) is 79.1 Å². The van der Waals surface area contributed by atoms with Crippen LogP contribution in [0.15, 0.2) is 15.5 Å². The Morgan fingerprint density at radius 1 is 1.37 bits per heavy atom. The molecule has 0 amide bonds. The number of halogens is 1. The fourth-order valence-electron chi connectivity index (χ4n) is 2.78. The second kappa shape index (κ2) is 13.8. The lowest BCUT2D eigenvalue weighted by molar-refractivity contribution is 0.0599. The van der Waals surface area contributed by atoms with Crippen LogP contribution in [0.5, 0.6) is 0 Å². The number of guanidine groups is 1. The van der Waals surface area contributed by atoms with Crippen LogP contribution in [0.4, 0.5) is 0 Å². The molecule has 0 aromatic carbocycles. The molecule has 0 aliphatic carbocycles. The lowest BCUT2D eigenvalue weighted by atomic mass is 10.2. The van der Waals surface area contributed by atoms with Crippen molar-refractivity contribution in [3.63, 3.8) is 0 Å².